The summed E-state index contributed by atoms with van der Waals surface area (Å²) in [5.41, 5.74) is 12.8. The summed E-state index contributed by atoms with van der Waals surface area (Å²) in [5, 5.41) is 7.47. The SMILES string of the molecule is CC1(C)c2cc(-c3ccc(-c4nc(-c5ccccc5)cc(-c5cccc6sc7ccccc7c56)n4)c4ccccc34)ccc2-c2ccc3ccccc3c21. The van der Waals surface area contributed by atoms with E-state index in [-0.39, 0.29) is 5.41 Å². The van der Waals surface area contributed by atoms with Crippen LogP contribution >= 0.6 is 11.3 Å². The molecule has 1 aliphatic rings. The van der Waals surface area contributed by atoms with Gasteiger partial charge < -0.3 is 0 Å². The fourth-order valence-corrected chi connectivity index (χ4v) is 10.1. The molecule has 0 atom stereocenters. The van der Waals surface area contributed by atoms with Crippen LogP contribution in [0.5, 0.6) is 0 Å². The maximum absolute atomic E-state index is 5.40. The van der Waals surface area contributed by atoms with Crippen molar-refractivity contribution in [1.82, 2.24) is 9.97 Å². The van der Waals surface area contributed by atoms with Crippen LogP contribution in [0.25, 0.3) is 97.9 Å². The molecule has 0 radical (unpaired) electrons. The Hall–Kier alpha value is -6.42. The number of nitrogens with zero attached hydrogens (tertiary/aromatic N) is 2. The molecular formula is C51H34N2S. The molecule has 0 spiro atoms. The van der Waals surface area contributed by atoms with Crippen molar-refractivity contribution < 1.29 is 0 Å². The zero-order valence-electron chi connectivity index (χ0n) is 30.0. The Morgan fingerprint density at radius 3 is 1.93 bits per heavy atom. The minimum Gasteiger partial charge on any atom is -0.228 e. The molecule has 0 bridgehead atoms. The maximum atomic E-state index is 5.40. The van der Waals surface area contributed by atoms with Crippen LogP contribution in [0.1, 0.15) is 25.0 Å². The second-order valence-electron chi connectivity index (χ2n) is 14.9. The first kappa shape index (κ1) is 31.1. The van der Waals surface area contributed by atoms with Crippen LogP contribution in [-0.2, 0) is 5.41 Å². The fourth-order valence-electron chi connectivity index (χ4n) is 8.96. The molecule has 0 N–H and O–H groups in total. The van der Waals surface area contributed by atoms with Gasteiger partial charge in [-0.15, -0.1) is 11.3 Å². The number of aromatic nitrogens is 2. The first-order valence-corrected chi connectivity index (χ1v) is 19.4. The quantitative estimate of drug-likeness (QED) is 0.182. The van der Waals surface area contributed by atoms with Gasteiger partial charge in [0.25, 0.3) is 0 Å². The molecule has 254 valence electrons. The topological polar surface area (TPSA) is 25.8 Å². The van der Waals surface area contributed by atoms with Gasteiger partial charge in [0.15, 0.2) is 5.82 Å². The van der Waals surface area contributed by atoms with E-state index in [0.29, 0.717) is 0 Å². The van der Waals surface area contributed by atoms with Gasteiger partial charge in [-0.05, 0) is 85.3 Å². The van der Waals surface area contributed by atoms with Crippen molar-refractivity contribution >= 4 is 53.1 Å². The van der Waals surface area contributed by atoms with E-state index in [9.17, 15) is 0 Å². The van der Waals surface area contributed by atoms with Gasteiger partial charge in [0, 0.05) is 42.3 Å². The predicted molar refractivity (Wildman–Crippen MR) is 229 cm³/mol. The summed E-state index contributed by atoms with van der Waals surface area (Å²) >= 11 is 1.83. The third-order valence-electron chi connectivity index (χ3n) is 11.5. The van der Waals surface area contributed by atoms with E-state index in [4.69, 9.17) is 9.97 Å². The fraction of sp³-hybridized carbons (Fsp3) is 0.0588. The minimum absolute atomic E-state index is 0.129. The third kappa shape index (κ3) is 4.65. The highest BCUT2D eigenvalue weighted by atomic mass is 32.1. The van der Waals surface area contributed by atoms with E-state index in [1.165, 1.54) is 69.7 Å². The van der Waals surface area contributed by atoms with Gasteiger partial charge in [-0.1, -0.05) is 153 Å². The van der Waals surface area contributed by atoms with E-state index in [0.717, 1.165) is 39.3 Å². The molecule has 8 aromatic carbocycles. The van der Waals surface area contributed by atoms with E-state index in [1.807, 2.05) is 11.3 Å². The Morgan fingerprint density at radius 2 is 1.07 bits per heavy atom. The summed E-state index contributed by atoms with van der Waals surface area (Å²) in [7, 11) is 0. The molecule has 1 aliphatic carbocycles. The second kappa shape index (κ2) is 11.8. The molecule has 11 rings (SSSR count). The highest BCUT2D eigenvalue weighted by molar-refractivity contribution is 7.25. The van der Waals surface area contributed by atoms with Gasteiger partial charge in [-0.25, -0.2) is 9.97 Å². The number of fused-ring (bicyclic) bond motifs is 9. The molecule has 3 heteroatoms. The van der Waals surface area contributed by atoms with Gasteiger partial charge >= 0.3 is 0 Å². The molecule has 54 heavy (non-hydrogen) atoms. The van der Waals surface area contributed by atoms with Crippen molar-refractivity contribution in [2.75, 3.05) is 0 Å². The average Bonchev–Trinajstić information content (AvgIpc) is 3.72. The smallest absolute Gasteiger partial charge is 0.161 e. The molecule has 0 saturated heterocycles. The molecule has 0 unspecified atom stereocenters. The molecular weight excluding hydrogens is 673 g/mol. The normalized spacial score (nSPS) is 13.1. The van der Waals surface area contributed by atoms with Crippen molar-refractivity contribution in [1.29, 1.82) is 0 Å². The summed E-state index contributed by atoms with van der Waals surface area (Å²) in [5.74, 6) is 0.725. The zero-order chi connectivity index (χ0) is 36.0. The molecule has 0 aliphatic heterocycles. The Kier molecular flexibility index (Phi) is 6.80. The van der Waals surface area contributed by atoms with E-state index < -0.39 is 0 Å². The van der Waals surface area contributed by atoms with Crippen LogP contribution < -0.4 is 0 Å². The van der Waals surface area contributed by atoms with Gasteiger partial charge in [0.05, 0.1) is 11.4 Å². The van der Waals surface area contributed by atoms with E-state index in [2.05, 4.69) is 184 Å². The number of thiophene rings is 1. The summed E-state index contributed by atoms with van der Waals surface area (Å²) in [6.07, 6.45) is 0. The Bertz CT molecular complexity index is 3130. The maximum Gasteiger partial charge on any atom is 0.161 e. The van der Waals surface area contributed by atoms with Crippen LogP contribution in [0.15, 0.2) is 170 Å². The predicted octanol–water partition coefficient (Wildman–Crippen LogP) is 14.1. The molecule has 2 nitrogen and oxygen atoms in total. The highest BCUT2D eigenvalue weighted by Crippen LogP contribution is 2.52. The lowest BCUT2D eigenvalue weighted by atomic mass is 9.79. The zero-order valence-corrected chi connectivity index (χ0v) is 30.8. The molecule has 2 heterocycles. The Labute approximate surface area is 318 Å². The minimum atomic E-state index is -0.129. The Balaban J connectivity index is 1.09. The van der Waals surface area contributed by atoms with Crippen LogP contribution in [0.4, 0.5) is 0 Å². The van der Waals surface area contributed by atoms with Gasteiger partial charge in [-0.3, -0.25) is 0 Å². The van der Waals surface area contributed by atoms with Crippen molar-refractivity contribution in [3.05, 3.63) is 181 Å². The highest BCUT2D eigenvalue weighted by Gasteiger charge is 2.37. The van der Waals surface area contributed by atoms with E-state index in [1.54, 1.807) is 0 Å². The molecule has 10 aromatic rings. The lowest BCUT2D eigenvalue weighted by Crippen LogP contribution is -2.15. The van der Waals surface area contributed by atoms with Gasteiger partial charge in [-0.2, -0.15) is 0 Å². The van der Waals surface area contributed by atoms with Gasteiger partial charge in [0.2, 0.25) is 0 Å². The number of hydrogen-bond donors (Lipinski definition) is 0. The number of rotatable bonds is 4. The van der Waals surface area contributed by atoms with Gasteiger partial charge in [0.1, 0.15) is 0 Å². The van der Waals surface area contributed by atoms with Crippen LogP contribution in [0.3, 0.4) is 0 Å². The van der Waals surface area contributed by atoms with Crippen LogP contribution in [0.2, 0.25) is 0 Å². The van der Waals surface area contributed by atoms with Crippen molar-refractivity contribution in [2.24, 2.45) is 0 Å². The Morgan fingerprint density at radius 1 is 0.426 bits per heavy atom. The number of benzene rings is 8. The summed E-state index contributed by atoms with van der Waals surface area (Å²) in [4.78, 5) is 10.7. The second-order valence-corrected chi connectivity index (χ2v) is 16.0. The third-order valence-corrected chi connectivity index (χ3v) is 12.6. The molecule has 0 fully saturated rings. The molecule has 2 aromatic heterocycles. The lowest BCUT2D eigenvalue weighted by Gasteiger charge is -2.24. The summed E-state index contributed by atoms with van der Waals surface area (Å²) in [6, 6.07) is 61.6. The lowest BCUT2D eigenvalue weighted by molar-refractivity contribution is 0.666. The first-order chi connectivity index (χ1) is 26.5. The van der Waals surface area contributed by atoms with Crippen molar-refractivity contribution in [3.8, 4) is 56.2 Å². The van der Waals surface area contributed by atoms with Crippen LogP contribution in [0, 0.1) is 0 Å². The summed E-state index contributed by atoms with van der Waals surface area (Å²) < 4.78 is 2.55. The van der Waals surface area contributed by atoms with Crippen molar-refractivity contribution in [3.63, 3.8) is 0 Å². The summed E-state index contributed by atoms with van der Waals surface area (Å²) in [6.45, 7) is 4.76. The monoisotopic (exact) mass is 706 g/mol. The molecule has 0 saturated carbocycles. The van der Waals surface area contributed by atoms with Crippen LogP contribution in [-0.4, -0.2) is 9.97 Å². The first-order valence-electron chi connectivity index (χ1n) is 18.6. The average molecular weight is 707 g/mol. The number of hydrogen-bond acceptors (Lipinski definition) is 3. The van der Waals surface area contributed by atoms with Crippen molar-refractivity contribution in [2.45, 2.75) is 19.3 Å². The van der Waals surface area contributed by atoms with E-state index >= 15 is 0 Å². The standard InChI is InChI=1S/C51H34N2S/c1-51(2)43-29-33(24-25-38(43)39-26-23-31-13-6-7-16-35(31)49(39)51)34-27-28-40(37-18-9-8-17-36(34)37)50-52-44(32-14-4-3-5-15-32)30-45(53-50)41-20-12-22-47-48(41)42-19-10-11-21-46(42)54-47/h3-30H,1-2H3. The molecule has 0 amide bonds. The largest absolute Gasteiger partial charge is 0.228 e.